The van der Waals surface area contributed by atoms with E-state index >= 15 is 0 Å². The molecule has 4 aliphatic rings. The van der Waals surface area contributed by atoms with E-state index in [9.17, 15) is 14.7 Å². The molecule has 7 rings (SSSR count). The van der Waals surface area contributed by atoms with Gasteiger partial charge in [0.15, 0.2) is 5.89 Å². The number of pyridine rings is 2. The van der Waals surface area contributed by atoms with E-state index in [0.717, 1.165) is 72.8 Å². The molecule has 0 unspecified atom stereocenters. The first-order valence-electron chi connectivity index (χ1n) is 18.2. The number of aromatic nitrogens is 3. The van der Waals surface area contributed by atoms with Crippen LogP contribution in [0.4, 0.5) is 10.6 Å². The molecule has 2 atom stereocenters. The molecular formula is C38H49N5O6. The molecular weight excluding hydrogens is 622 g/mol. The Balaban J connectivity index is 1.04. The highest BCUT2D eigenvalue weighted by molar-refractivity contribution is 5.94. The van der Waals surface area contributed by atoms with E-state index in [1.165, 1.54) is 0 Å². The molecule has 2 amide bonds. The van der Waals surface area contributed by atoms with Crippen LogP contribution < -0.4 is 9.64 Å². The first-order valence-corrected chi connectivity index (χ1v) is 18.2. The number of likely N-dealkylation sites (tertiary alicyclic amines) is 1. The Morgan fingerprint density at radius 2 is 1.73 bits per heavy atom. The Labute approximate surface area is 288 Å². The average molecular weight is 672 g/mol. The average Bonchev–Trinajstić information content (AvgIpc) is 3.76. The van der Waals surface area contributed by atoms with Crippen LogP contribution in [0.15, 0.2) is 41.1 Å². The van der Waals surface area contributed by atoms with Crippen molar-refractivity contribution >= 4 is 17.8 Å². The molecule has 1 saturated heterocycles. The fourth-order valence-electron chi connectivity index (χ4n) is 7.91. The molecule has 49 heavy (non-hydrogen) atoms. The molecule has 4 heterocycles. The summed E-state index contributed by atoms with van der Waals surface area (Å²) in [5, 5.41) is 10.1. The maximum absolute atomic E-state index is 14.4. The highest BCUT2D eigenvalue weighted by Crippen LogP contribution is 2.41. The van der Waals surface area contributed by atoms with Crippen LogP contribution in [0.2, 0.25) is 0 Å². The van der Waals surface area contributed by atoms with Crippen LogP contribution in [0.5, 0.6) is 5.75 Å². The Morgan fingerprint density at radius 1 is 0.980 bits per heavy atom. The van der Waals surface area contributed by atoms with Gasteiger partial charge in [-0.3, -0.25) is 14.7 Å². The number of carbonyl (C=O) groups is 2. The molecule has 262 valence electrons. The third-order valence-electron chi connectivity index (χ3n) is 11.3. The van der Waals surface area contributed by atoms with Gasteiger partial charge in [0.2, 0.25) is 5.91 Å². The van der Waals surface area contributed by atoms with Gasteiger partial charge in [-0.1, -0.05) is 0 Å². The van der Waals surface area contributed by atoms with E-state index in [1.54, 1.807) is 24.5 Å². The van der Waals surface area contributed by atoms with Gasteiger partial charge >= 0.3 is 6.09 Å². The van der Waals surface area contributed by atoms with Gasteiger partial charge in [-0.2, -0.15) is 0 Å². The third kappa shape index (κ3) is 7.46. The van der Waals surface area contributed by atoms with Crippen molar-refractivity contribution in [2.24, 2.45) is 11.8 Å². The van der Waals surface area contributed by atoms with Gasteiger partial charge in [-0.15, -0.1) is 0 Å². The van der Waals surface area contributed by atoms with Crippen LogP contribution in [0.3, 0.4) is 0 Å². The van der Waals surface area contributed by atoms with Crippen molar-refractivity contribution in [1.82, 2.24) is 19.9 Å². The van der Waals surface area contributed by atoms with Crippen molar-refractivity contribution in [2.45, 2.75) is 115 Å². The highest BCUT2D eigenvalue weighted by Gasteiger charge is 2.38. The molecule has 3 saturated carbocycles. The molecule has 3 aromatic heterocycles. The lowest BCUT2D eigenvalue weighted by Crippen LogP contribution is -2.43. The minimum Gasteiger partial charge on any atom is -0.495 e. The SMILES string of the molecule is COc1ccc(C2CCC(CN(C(=O)C3CCC(OC(=O)N4CC[C@H](O)[C@@H]4C)CC3)c3cc(-c4coc(C5CC5)n4)ccn3)CC2)nc1C. The maximum atomic E-state index is 14.4. The zero-order chi connectivity index (χ0) is 34.1. The number of carbonyl (C=O) groups excluding carboxylic acids is 2. The van der Waals surface area contributed by atoms with Crippen molar-refractivity contribution in [3.8, 4) is 17.0 Å². The molecule has 0 radical (unpaired) electrons. The number of rotatable bonds is 9. The quantitative estimate of drug-likeness (QED) is 0.261. The smallest absolute Gasteiger partial charge is 0.410 e. The van der Waals surface area contributed by atoms with Crippen LogP contribution >= 0.6 is 0 Å². The number of oxazole rings is 1. The lowest BCUT2D eigenvalue weighted by molar-refractivity contribution is -0.124. The summed E-state index contributed by atoms with van der Waals surface area (Å²) in [4.78, 5) is 45.1. The zero-order valence-electron chi connectivity index (χ0n) is 28.9. The van der Waals surface area contributed by atoms with Crippen LogP contribution in [0.1, 0.15) is 107 Å². The predicted octanol–water partition coefficient (Wildman–Crippen LogP) is 6.78. The molecule has 1 N–H and O–H groups in total. The second-order valence-electron chi connectivity index (χ2n) is 14.6. The summed E-state index contributed by atoms with van der Waals surface area (Å²) < 4.78 is 17.1. The van der Waals surface area contributed by atoms with E-state index in [1.807, 2.05) is 36.9 Å². The minimum absolute atomic E-state index is 0.0825. The summed E-state index contributed by atoms with van der Waals surface area (Å²) in [7, 11) is 1.67. The summed E-state index contributed by atoms with van der Waals surface area (Å²) in [5.41, 5.74) is 3.68. The number of nitrogens with zero attached hydrogens (tertiary/aromatic N) is 5. The number of anilines is 1. The molecule has 0 spiro atoms. The van der Waals surface area contributed by atoms with Crippen LogP contribution in [0, 0.1) is 18.8 Å². The number of hydrogen-bond donors (Lipinski definition) is 1. The van der Waals surface area contributed by atoms with Gasteiger partial charge in [-0.05, 0) is 115 Å². The van der Waals surface area contributed by atoms with Crippen LogP contribution in [-0.4, -0.2) is 75.4 Å². The summed E-state index contributed by atoms with van der Waals surface area (Å²) >= 11 is 0. The van der Waals surface area contributed by atoms with E-state index in [0.29, 0.717) is 68.8 Å². The van der Waals surface area contributed by atoms with Crippen LogP contribution in [-0.2, 0) is 9.53 Å². The largest absolute Gasteiger partial charge is 0.495 e. The molecule has 0 aromatic carbocycles. The Bertz CT molecular complexity index is 1620. The lowest BCUT2D eigenvalue weighted by atomic mass is 9.79. The first kappa shape index (κ1) is 33.5. The zero-order valence-corrected chi connectivity index (χ0v) is 28.9. The summed E-state index contributed by atoms with van der Waals surface area (Å²) in [5.74, 6) is 3.29. The van der Waals surface area contributed by atoms with Gasteiger partial charge < -0.3 is 23.9 Å². The number of ether oxygens (including phenoxy) is 2. The van der Waals surface area contributed by atoms with Gasteiger partial charge in [-0.25, -0.2) is 14.8 Å². The molecule has 1 aliphatic heterocycles. The molecule has 3 aromatic rings. The lowest BCUT2D eigenvalue weighted by Gasteiger charge is -2.36. The molecule has 3 aliphatic carbocycles. The Kier molecular flexibility index (Phi) is 9.89. The van der Waals surface area contributed by atoms with E-state index < -0.39 is 6.10 Å². The minimum atomic E-state index is -0.512. The van der Waals surface area contributed by atoms with E-state index in [-0.39, 0.29) is 30.1 Å². The van der Waals surface area contributed by atoms with Crippen molar-refractivity contribution in [1.29, 1.82) is 0 Å². The molecule has 11 nitrogen and oxygen atoms in total. The fraction of sp³-hybridized carbons (Fsp3) is 0.605. The molecule has 0 bridgehead atoms. The number of aliphatic hydroxyl groups excluding tert-OH is 1. The number of hydrogen-bond acceptors (Lipinski definition) is 9. The van der Waals surface area contributed by atoms with Gasteiger partial charge in [0.25, 0.3) is 0 Å². The van der Waals surface area contributed by atoms with Crippen molar-refractivity contribution < 1.29 is 28.6 Å². The highest BCUT2D eigenvalue weighted by atomic mass is 16.6. The fourth-order valence-corrected chi connectivity index (χ4v) is 7.91. The summed E-state index contributed by atoms with van der Waals surface area (Å²) in [6, 6.07) is 7.75. The van der Waals surface area contributed by atoms with Crippen molar-refractivity contribution in [2.75, 3.05) is 25.1 Å². The van der Waals surface area contributed by atoms with Crippen molar-refractivity contribution in [3.05, 3.63) is 54.0 Å². The number of methoxy groups -OCH3 is 1. The van der Waals surface area contributed by atoms with Crippen LogP contribution in [0.25, 0.3) is 11.3 Å². The van der Waals surface area contributed by atoms with Gasteiger partial charge in [0, 0.05) is 48.3 Å². The van der Waals surface area contributed by atoms with E-state index in [4.69, 9.17) is 28.8 Å². The normalized spacial score (nSPS) is 27.1. The van der Waals surface area contributed by atoms with Gasteiger partial charge in [0.1, 0.15) is 29.6 Å². The summed E-state index contributed by atoms with van der Waals surface area (Å²) in [6.07, 6.45) is 11.8. The molecule has 4 fully saturated rings. The number of aryl methyl sites for hydroxylation is 1. The Hall–Kier alpha value is -3.99. The topological polar surface area (TPSA) is 131 Å². The number of amides is 2. The van der Waals surface area contributed by atoms with E-state index in [2.05, 4.69) is 6.07 Å². The van der Waals surface area contributed by atoms with Gasteiger partial charge in [0.05, 0.1) is 24.9 Å². The second-order valence-corrected chi connectivity index (χ2v) is 14.6. The summed E-state index contributed by atoms with van der Waals surface area (Å²) in [6.45, 7) is 4.95. The third-order valence-corrected chi connectivity index (χ3v) is 11.3. The van der Waals surface area contributed by atoms with Crippen molar-refractivity contribution in [3.63, 3.8) is 0 Å². The maximum Gasteiger partial charge on any atom is 0.410 e. The first-order chi connectivity index (χ1) is 23.8. The number of aliphatic hydroxyl groups is 1. The Morgan fingerprint density at radius 3 is 2.41 bits per heavy atom. The predicted molar refractivity (Wildman–Crippen MR) is 183 cm³/mol. The standard InChI is InChI=1S/C38H49N5O6/c1-23-34(47-3)15-14-31(40-23)26-6-4-25(5-7-26)21-43(35-20-29(16-18-39-35)32-22-48-36(41-32)27-8-9-27)37(45)28-10-12-30(13-11-28)49-38(46)42-19-17-33(44)24(42)2/h14-16,18,20,22,24-28,30,33,44H,4-13,17,19,21H2,1-3H3/t24-,25?,26?,28?,30?,33-/m0/s1. The second kappa shape index (κ2) is 14.5. The monoisotopic (exact) mass is 671 g/mol. The molecule has 11 heteroatoms.